The van der Waals surface area contributed by atoms with E-state index < -0.39 is 0 Å². The minimum atomic E-state index is 0.221. The summed E-state index contributed by atoms with van der Waals surface area (Å²) in [4.78, 5) is 0. The predicted molar refractivity (Wildman–Crippen MR) is 101 cm³/mol. The molecule has 2 aromatic rings. The molecule has 0 aromatic heterocycles. The summed E-state index contributed by atoms with van der Waals surface area (Å²) in [6.45, 7) is 14.1. The van der Waals surface area contributed by atoms with Crippen molar-refractivity contribution in [2.45, 2.75) is 40.0 Å². The van der Waals surface area contributed by atoms with Gasteiger partial charge in [0.1, 0.15) is 0 Å². The highest BCUT2D eigenvalue weighted by atomic mass is 14.2. The van der Waals surface area contributed by atoms with E-state index in [0.29, 0.717) is 0 Å². The normalized spacial score (nSPS) is 11.0. The lowest BCUT2D eigenvalue weighted by molar-refractivity contribution is 0.590. The van der Waals surface area contributed by atoms with Crippen molar-refractivity contribution in [3.05, 3.63) is 83.4 Å². The van der Waals surface area contributed by atoms with Crippen molar-refractivity contribution in [3.63, 3.8) is 0 Å². The van der Waals surface area contributed by atoms with Crippen LogP contribution < -0.4 is 0 Å². The number of allylic oxidation sites excluding steroid dienone is 1. The molecule has 0 amide bonds. The molecule has 0 saturated heterocycles. The van der Waals surface area contributed by atoms with Gasteiger partial charge in [-0.1, -0.05) is 93.1 Å². The summed E-state index contributed by atoms with van der Waals surface area (Å²) in [6.07, 6.45) is 6.07. The minimum absolute atomic E-state index is 0.221. The third-order valence-electron chi connectivity index (χ3n) is 3.32. The van der Waals surface area contributed by atoms with Crippen LogP contribution in [0.1, 0.15) is 49.9 Å². The maximum absolute atomic E-state index is 3.36. The topological polar surface area (TPSA) is 0 Å². The van der Waals surface area contributed by atoms with E-state index in [-0.39, 0.29) is 5.41 Å². The molecule has 0 heteroatoms. The van der Waals surface area contributed by atoms with Gasteiger partial charge in [-0.15, -0.1) is 6.58 Å². The minimum Gasteiger partial charge on any atom is -0.103 e. The average molecular weight is 292 g/mol. The molecule has 116 valence electrons. The van der Waals surface area contributed by atoms with Crippen molar-refractivity contribution in [1.82, 2.24) is 0 Å². The number of aryl methyl sites for hydroxylation is 1. The van der Waals surface area contributed by atoms with E-state index in [4.69, 9.17) is 0 Å². The number of rotatable bonds is 2. The van der Waals surface area contributed by atoms with Gasteiger partial charge in [-0.2, -0.15) is 0 Å². The van der Waals surface area contributed by atoms with Crippen LogP contribution in [0.25, 0.3) is 12.2 Å². The van der Waals surface area contributed by atoms with Crippen LogP contribution in [0, 0.1) is 6.92 Å². The number of hydrogen-bond acceptors (Lipinski definition) is 0. The maximum Gasteiger partial charge on any atom is -0.0132 e. The van der Waals surface area contributed by atoms with E-state index in [1.807, 2.05) is 6.92 Å². The van der Waals surface area contributed by atoms with Gasteiger partial charge >= 0.3 is 0 Å². The van der Waals surface area contributed by atoms with Crippen molar-refractivity contribution in [3.8, 4) is 0 Å². The van der Waals surface area contributed by atoms with E-state index in [2.05, 4.69) is 95.0 Å². The van der Waals surface area contributed by atoms with Crippen LogP contribution in [0.3, 0.4) is 0 Å². The quantitative estimate of drug-likeness (QED) is 0.429. The van der Waals surface area contributed by atoms with Crippen molar-refractivity contribution in [2.24, 2.45) is 0 Å². The SMILES string of the molecule is C=CC.Cc1ccc(/C=C/c2ccc(C(C)(C)C)cc2)cc1. The Labute approximate surface area is 136 Å². The smallest absolute Gasteiger partial charge is 0.0132 e. The fraction of sp³-hybridized carbons (Fsp3) is 0.273. The maximum atomic E-state index is 3.36. The highest BCUT2D eigenvalue weighted by molar-refractivity contribution is 5.69. The molecule has 0 radical (unpaired) electrons. The van der Waals surface area contributed by atoms with Gasteiger partial charge in [0, 0.05) is 0 Å². The zero-order valence-corrected chi connectivity index (χ0v) is 14.6. The van der Waals surface area contributed by atoms with E-state index in [1.54, 1.807) is 6.08 Å². The molecule has 22 heavy (non-hydrogen) atoms. The van der Waals surface area contributed by atoms with Crippen molar-refractivity contribution < 1.29 is 0 Å². The summed E-state index contributed by atoms with van der Waals surface area (Å²) in [5.41, 5.74) is 5.38. The standard InChI is InChI=1S/C19H22.C3H6/c1-15-5-7-16(8-6-15)9-10-17-11-13-18(14-12-17)19(2,3)4;1-3-2/h5-14H,1-4H3;3H,1H2,2H3/b10-9+;. The van der Waals surface area contributed by atoms with Gasteiger partial charge in [-0.3, -0.25) is 0 Å². The molecular formula is C22H28. The van der Waals surface area contributed by atoms with Gasteiger partial charge in [-0.25, -0.2) is 0 Å². The zero-order valence-electron chi connectivity index (χ0n) is 14.6. The molecule has 0 saturated carbocycles. The lowest BCUT2D eigenvalue weighted by Gasteiger charge is -2.18. The Kier molecular flexibility index (Phi) is 6.85. The summed E-state index contributed by atoms with van der Waals surface area (Å²) >= 11 is 0. The summed E-state index contributed by atoms with van der Waals surface area (Å²) in [5.74, 6) is 0. The molecule has 0 aliphatic heterocycles. The van der Waals surface area contributed by atoms with Gasteiger partial charge in [0.05, 0.1) is 0 Å². The van der Waals surface area contributed by atoms with E-state index >= 15 is 0 Å². The lowest BCUT2D eigenvalue weighted by atomic mass is 9.87. The first-order valence-electron chi connectivity index (χ1n) is 7.79. The Balaban J connectivity index is 0.000000745. The summed E-state index contributed by atoms with van der Waals surface area (Å²) in [7, 11) is 0. The second kappa shape index (κ2) is 8.38. The molecule has 0 unspecified atom stereocenters. The molecule has 0 nitrogen and oxygen atoms in total. The van der Waals surface area contributed by atoms with Crippen molar-refractivity contribution >= 4 is 12.2 Å². The molecule has 0 aliphatic carbocycles. The van der Waals surface area contributed by atoms with Crippen LogP contribution in [-0.4, -0.2) is 0 Å². The van der Waals surface area contributed by atoms with E-state index in [1.165, 1.54) is 22.3 Å². The number of hydrogen-bond donors (Lipinski definition) is 0. The van der Waals surface area contributed by atoms with Crippen LogP contribution in [0.2, 0.25) is 0 Å². The van der Waals surface area contributed by atoms with Gasteiger partial charge in [-0.05, 0) is 36.0 Å². The summed E-state index contributed by atoms with van der Waals surface area (Å²) in [6, 6.07) is 17.4. The zero-order chi connectivity index (χ0) is 16.6. The first-order valence-corrected chi connectivity index (χ1v) is 7.79. The highest BCUT2D eigenvalue weighted by Crippen LogP contribution is 2.22. The molecule has 0 fully saturated rings. The fourth-order valence-corrected chi connectivity index (χ4v) is 1.96. The molecular weight excluding hydrogens is 264 g/mol. The average Bonchev–Trinajstić information content (AvgIpc) is 2.47. The molecule has 0 bridgehead atoms. The van der Waals surface area contributed by atoms with Crippen LogP contribution >= 0.6 is 0 Å². The van der Waals surface area contributed by atoms with Gasteiger partial charge in [0.25, 0.3) is 0 Å². The Morgan fingerprint density at radius 3 is 1.50 bits per heavy atom. The third kappa shape index (κ3) is 6.13. The highest BCUT2D eigenvalue weighted by Gasteiger charge is 2.12. The molecule has 0 atom stereocenters. The summed E-state index contributed by atoms with van der Waals surface area (Å²) in [5, 5.41) is 0. The largest absolute Gasteiger partial charge is 0.103 e. The first kappa shape index (κ1) is 18.0. The van der Waals surface area contributed by atoms with Crippen LogP contribution in [0.15, 0.2) is 61.2 Å². The Morgan fingerprint density at radius 2 is 1.14 bits per heavy atom. The van der Waals surface area contributed by atoms with Gasteiger partial charge in [0.15, 0.2) is 0 Å². The molecule has 0 spiro atoms. The van der Waals surface area contributed by atoms with Crippen LogP contribution in [-0.2, 0) is 5.41 Å². The van der Waals surface area contributed by atoms with E-state index in [9.17, 15) is 0 Å². The Morgan fingerprint density at radius 1 is 0.773 bits per heavy atom. The molecule has 0 aliphatic rings. The van der Waals surface area contributed by atoms with Crippen molar-refractivity contribution in [2.75, 3.05) is 0 Å². The second-order valence-corrected chi connectivity index (χ2v) is 6.52. The van der Waals surface area contributed by atoms with E-state index in [0.717, 1.165) is 0 Å². The monoisotopic (exact) mass is 292 g/mol. The Bertz CT molecular complexity index is 590. The summed E-state index contributed by atoms with van der Waals surface area (Å²) < 4.78 is 0. The van der Waals surface area contributed by atoms with Gasteiger partial charge in [0.2, 0.25) is 0 Å². The first-order chi connectivity index (χ1) is 10.4. The lowest BCUT2D eigenvalue weighted by Crippen LogP contribution is -2.10. The van der Waals surface area contributed by atoms with Crippen LogP contribution in [0.4, 0.5) is 0 Å². The molecule has 0 N–H and O–H groups in total. The Hall–Kier alpha value is -2.08. The number of benzene rings is 2. The van der Waals surface area contributed by atoms with Crippen molar-refractivity contribution in [1.29, 1.82) is 0 Å². The fourth-order valence-electron chi connectivity index (χ4n) is 1.96. The molecule has 2 rings (SSSR count). The second-order valence-electron chi connectivity index (χ2n) is 6.52. The molecule has 2 aromatic carbocycles. The van der Waals surface area contributed by atoms with Gasteiger partial charge < -0.3 is 0 Å². The molecule has 0 heterocycles. The predicted octanol–water partition coefficient (Wildman–Crippen LogP) is 6.66. The van der Waals surface area contributed by atoms with Crippen LogP contribution in [0.5, 0.6) is 0 Å². The third-order valence-corrected chi connectivity index (χ3v) is 3.32.